The molecule has 23 heavy (non-hydrogen) atoms. The van der Waals surface area contributed by atoms with Crippen molar-refractivity contribution in [2.45, 2.75) is 59.8 Å². The van der Waals surface area contributed by atoms with Crippen molar-refractivity contribution in [2.24, 2.45) is 0 Å². The van der Waals surface area contributed by atoms with Crippen molar-refractivity contribution in [2.75, 3.05) is 11.5 Å². The molecule has 0 atom stereocenters. The third-order valence-corrected chi connectivity index (χ3v) is 4.83. The molecule has 0 aliphatic heterocycles. The zero-order chi connectivity index (χ0) is 17.0. The average molecular weight is 310 g/mol. The minimum absolute atomic E-state index is 0.911. The summed E-state index contributed by atoms with van der Waals surface area (Å²) in [6, 6.07) is 8.89. The molecule has 2 nitrogen and oxygen atoms in total. The molecular formula is C21H30N2. The molecule has 2 aromatic rings. The molecule has 0 aliphatic carbocycles. The fourth-order valence-corrected chi connectivity index (χ4v) is 3.32. The predicted molar refractivity (Wildman–Crippen MR) is 102 cm³/mol. The van der Waals surface area contributed by atoms with E-state index in [0.29, 0.717) is 0 Å². The molecule has 0 amide bonds. The highest BCUT2D eigenvalue weighted by atomic mass is 14.6. The van der Waals surface area contributed by atoms with Crippen LogP contribution in [0.25, 0.3) is 0 Å². The van der Waals surface area contributed by atoms with Gasteiger partial charge in [0.2, 0.25) is 0 Å². The SMILES string of the molecule is CCc1cc(CC)c(Cc2cc(N)c(CC)cc2CC)cc1N. The molecule has 0 saturated carbocycles. The third kappa shape index (κ3) is 3.69. The van der Waals surface area contributed by atoms with Crippen molar-refractivity contribution >= 4 is 11.4 Å². The Hall–Kier alpha value is -1.96. The van der Waals surface area contributed by atoms with E-state index in [1.807, 2.05) is 0 Å². The first kappa shape index (κ1) is 17.4. The zero-order valence-electron chi connectivity index (χ0n) is 15.0. The normalized spacial score (nSPS) is 11.0. The summed E-state index contributed by atoms with van der Waals surface area (Å²) >= 11 is 0. The second-order valence-corrected chi connectivity index (χ2v) is 6.23. The first-order valence-electron chi connectivity index (χ1n) is 8.84. The van der Waals surface area contributed by atoms with Gasteiger partial charge in [0, 0.05) is 11.4 Å². The topological polar surface area (TPSA) is 52.0 Å². The van der Waals surface area contributed by atoms with Gasteiger partial charge in [0.05, 0.1) is 0 Å². The molecule has 0 unspecified atom stereocenters. The molecule has 0 spiro atoms. The largest absolute Gasteiger partial charge is 0.398 e. The van der Waals surface area contributed by atoms with Crippen LogP contribution < -0.4 is 11.5 Å². The molecule has 4 N–H and O–H groups in total. The van der Waals surface area contributed by atoms with E-state index < -0.39 is 0 Å². The van der Waals surface area contributed by atoms with Gasteiger partial charge in [0.15, 0.2) is 0 Å². The Morgan fingerprint density at radius 2 is 0.870 bits per heavy atom. The van der Waals surface area contributed by atoms with Gasteiger partial charge in [-0.3, -0.25) is 0 Å². The van der Waals surface area contributed by atoms with Crippen LogP contribution in [0.5, 0.6) is 0 Å². The lowest BCUT2D eigenvalue weighted by Crippen LogP contribution is -2.05. The molecule has 0 heterocycles. The number of nitrogen functional groups attached to an aromatic ring is 2. The Bertz CT molecular complexity index is 627. The van der Waals surface area contributed by atoms with Crippen molar-refractivity contribution in [3.63, 3.8) is 0 Å². The van der Waals surface area contributed by atoms with Crippen molar-refractivity contribution in [1.29, 1.82) is 0 Å². The summed E-state index contributed by atoms with van der Waals surface area (Å²) in [6.07, 6.45) is 4.95. The number of hydrogen-bond donors (Lipinski definition) is 2. The number of anilines is 2. The van der Waals surface area contributed by atoms with Crippen LogP contribution in [-0.2, 0) is 32.1 Å². The van der Waals surface area contributed by atoms with E-state index in [1.54, 1.807) is 0 Å². The Labute approximate surface area is 140 Å². The molecular weight excluding hydrogens is 280 g/mol. The summed E-state index contributed by atoms with van der Waals surface area (Å²) in [4.78, 5) is 0. The van der Waals surface area contributed by atoms with Crippen LogP contribution in [0.4, 0.5) is 11.4 Å². The second-order valence-electron chi connectivity index (χ2n) is 6.23. The summed E-state index contributed by atoms with van der Waals surface area (Å²) in [5, 5.41) is 0. The Balaban J connectivity index is 2.46. The Morgan fingerprint density at radius 1 is 0.522 bits per heavy atom. The third-order valence-electron chi connectivity index (χ3n) is 4.83. The van der Waals surface area contributed by atoms with Crippen molar-refractivity contribution in [3.8, 4) is 0 Å². The van der Waals surface area contributed by atoms with Crippen LogP contribution in [0.1, 0.15) is 61.1 Å². The summed E-state index contributed by atoms with van der Waals surface area (Å²) in [7, 11) is 0. The van der Waals surface area contributed by atoms with Crippen LogP contribution >= 0.6 is 0 Å². The summed E-state index contributed by atoms with van der Waals surface area (Å²) in [5.41, 5.74) is 22.3. The molecule has 0 aliphatic rings. The molecule has 2 aromatic carbocycles. The van der Waals surface area contributed by atoms with Gasteiger partial charge < -0.3 is 11.5 Å². The molecule has 0 bridgehead atoms. The van der Waals surface area contributed by atoms with Crippen molar-refractivity contribution < 1.29 is 0 Å². The predicted octanol–water partition coefficient (Wildman–Crippen LogP) is 4.69. The molecule has 0 saturated heterocycles. The first-order valence-corrected chi connectivity index (χ1v) is 8.84. The number of benzene rings is 2. The molecule has 2 rings (SSSR count). The van der Waals surface area contributed by atoms with Gasteiger partial charge in [-0.25, -0.2) is 0 Å². The fourth-order valence-electron chi connectivity index (χ4n) is 3.32. The highest BCUT2D eigenvalue weighted by molar-refractivity contribution is 5.56. The van der Waals surface area contributed by atoms with E-state index >= 15 is 0 Å². The van der Waals surface area contributed by atoms with Crippen LogP contribution in [0.2, 0.25) is 0 Å². The van der Waals surface area contributed by atoms with E-state index in [-0.39, 0.29) is 0 Å². The summed E-state index contributed by atoms with van der Waals surface area (Å²) in [5.74, 6) is 0. The molecule has 0 aromatic heterocycles. The van der Waals surface area contributed by atoms with E-state index in [4.69, 9.17) is 11.5 Å². The number of nitrogens with two attached hydrogens (primary N) is 2. The van der Waals surface area contributed by atoms with Gasteiger partial charge in [0.25, 0.3) is 0 Å². The minimum Gasteiger partial charge on any atom is -0.398 e. The standard InChI is InChI=1S/C21H30N2/c1-5-14-9-16(7-3)20(22)12-18(14)11-19-13-21(23)17(8-4)10-15(19)6-2/h9-10,12-13H,5-8,11,22-23H2,1-4H3. The first-order chi connectivity index (χ1) is 11.0. The van der Waals surface area contributed by atoms with Gasteiger partial charge >= 0.3 is 0 Å². The van der Waals surface area contributed by atoms with E-state index in [0.717, 1.165) is 43.5 Å². The lowest BCUT2D eigenvalue weighted by molar-refractivity contribution is 1.00. The average Bonchev–Trinajstić information content (AvgIpc) is 2.55. The van der Waals surface area contributed by atoms with Gasteiger partial charge in [-0.1, -0.05) is 39.8 Å². The van der Waals surface area contributed by atoms with E-state index in [1.165, 1.54) is 33.4 Å². The van der Waals surface area contributed by atoms with Crippen LogP contribution in [0.15, 0.2) is 24.3 Å². The number of hydrogen-bond acceptors (Lipinski definition) is 2. The quantitative estimate of drug-likeness (QED) is 0.760. The van der Waals surface area contributed by atoms with Gasteiger partial charge in [0.1, 0.15) is 0 Å². The van der Waals surface area contributed by atoms with Crippen LogP contribution in [0, 0.1) is 0 Å². The van der Waals surface area contributed by atoms with Gasteiger partial charge in [-0.05, 0) is 77.6 Å². The molecule has 124 valence electrons. The van der Waals surface area contributed by atoms with Crippen molar-refractivity contribution in [3.05, 3.63) is 57.6 Å². The smallest absolute Gasteiger partial charge is 0.0349 e. The Kier molecular flexibility index (Phi) is 5.70. The maximum absolute atomic E-state index is 6.23. The lowest BCUT2D eigenvalue weighted by atomic mass is 9.90. The molecule has 0 radical (unpaired) electrons. The van der Waals surface area contributed by atoms with Crippen LogP contribution in [0.3, 0.4) is 0 Å². The monoisotopic (exact) mass is 310 g/mol. The summed E-state index contributed by atoms with van der Waals surface area (Å²) < 4.78 is 0. The Morgan fingerprint density at radius 3 is 1.17 bits per heavy atom. The van der Waals surface area contributed by atoms with Crippen molar-refractivity contribution in [1.82, 2.24) is 0 Å². The zero-order valence-corrected chi connectivity index (χ0v) is 15.0. The van der Waals surface area contributed by atoms with E-state index in [2.05, 4.69) is 52.0 Å². The maximum Gasteiger partial charge on any atom is 0.0349 e. The highest BCUT2D eigenvalue weighted by Gasteiger charge is 2.11. The minimum atomic E-state index is 0.911. The van der Waals surface area contributed by atoms with Crippen LogP contribution in [-0.4, -0.2) is 0 Å². The fraction of sp³-hybridized carbons (Fsp3) is 0.429. The molecule has 2 heteroatoms. The lowest BCUT2D eigenvalue weighted by Gasteiger charge is -2.16. The highest BCUT2D eigenvalue weighted by Crippen LogP contribution is 2.27. The second kappa shape index (κ2) is 7.54. The summed E-state index contributed by atoms with van der Waals surface area (Å²) in [6.45, 7) is 8.74. The number of rotatable bonds is 6. The maximum atomic E-state index is 6.23. The van der Waals surface area contributed by atoms with E-state index in [9.17, 15) is 0 Å². The van der Waals surface area contributed by atoms with Gasteiger partial charge in [-0.2, -0.15) is 0 Å². The van der Waals surface area contributed by atoms with Gasteiger partial charge in [-0.15, -0.1) is 0 Å². The number of aryl methyl sites for hydroxylation is 4. The molecule has 0 fully saturated rings.